The van der Waals surface area contributed by atoms with Gasteiger partial charge in [-0.1, -0.05) is 19.1 Å². The molecule has 0 saturated carbocycles. The minimum absolute atomic E-state index is 0.423. The Hall–Kier alpha value is -1.87. The molecule has 2 N–H and O–H groups in total. The van der Waals surface area contributed by atoms with Crippen LogP contribution in [0.3, 0.4) is 0 Å². The molecule has 0 saturated heterocycles. The molecule has 0 unspecified atom stereocenters. The molecular weight excluding hydrogens is 212 g/mol. The van der Waals surface area contributed by atoms with Crippen molar-refractivity contribution in [1.29, 1.82) is 0 Å². The van der Waals surface area contributed by atoms with Crippen LogP contribution in [-0.4, -0.2) is 4.98 Å². The summed E-state index contributed by atoms with van der Waals surface area (Å²) in [6.07, 6.45) is 2.74. The van der Waals surface area contributed by atoms with E-state index >= 15 is 0 Å². The number of nitrogens with zero attached hydrogens (tertiary/aromatic N) is 1. The first-order valence-corrected chi connectivity index (χ1v) is 5.73. The molecule has 1 aromatic carbocycles. The van der Waals surface area contributed by atoms with Gasteiger partial charge in [-0.05, 0) is 30.2 Å². The predicted octanol–water partition coefficient (Wildman–Crippen LogP) is 2.90. The van der Waals surface area contributed by atoms with E-state index in [-0.39, 0.29) is 0 Å². The maximum absolute atomic E-state index is 5.72. The van der Waals surface area contributed by atoms with Gasteiger partial charge in [-0.25, -0.2) is 0 Å². The molecule has 17 heavy (non-hydrogen) atoms. The van der Waals surface area contributed by atoms with Crippen LogP contribution in [0.4, 0.5) is 0 Å². The van der Waals surface area contributed by atoms with E-state index in [0.717, 1.165) is 23.6 Å². The Kier molecular flexibility index (Phi) is 3.73. The minimum Gasteiger partial charge on any atom is -0.457 e. The van der Waals surface area contributed by atoms with Crippen molar-refractivity contribution in [2.45, 2.75) is 19.9 Å². The van der Waals surface area contributed by atoms with Crippen LogP contribution in [-0.2, 0) is 13.0 Å². The zero-order valence-corrected chi connectivity index (χ0v) is 9.89. The number of rotatable bonds is 4. The second kappa shape index (κ2) is 5.46. The lowest BCUT2D eigenvalue weighted by Gasteiger charge is -2.07. The number of ether oxygens (including phenoxy) is 1. The van der Waals surface area contributed by atoms with Gasteiger partial charge in [-0.3, -0.25) is 4.98 Å². The topological polar surface area (TPSA) is 48.1 Å². The highest BCUT2D eigenvalue weighted by Crippen LogP contribution is 2.21. The van der Waals surface area contributed by atoms with Crippen LogP contribution in [0.1, 0.15) is 18.2 Å². The van der Waals surface area contributed by atoms with Gasteiger partial charge in [0.25, 0.3) is 0 Å². The molecule has 1 aromatic heterocycles. The number of pyridine rings is 1. The minimum atomic E-state index is 0.423. The molecule has 0 fully saturated rings. The standard InChI is InChI=1S/C14H16N2O/c1-2-11-3-5-13(6-4-11)17-14-7-8-16-12(9-14)10-15/h3-9H,2,10,15H2,1H3. The Labute approximate surface area is 101 Å². The molecule has 0 amide bonds. The molecule has 0 radical (unpaired) electrons. The van der Waals surface area contributed by atoms with Gasteiger partial charge in [-0.15, -0.1) is 0 Å². The Morgan fingerprint density at radius 2 is 1.88 bits per heavy atom. The van der Waals surface area contributed by atoms with Crippen LogP contribution in [0, 0.1) is 0 Å². The summed E-state index contributed by atoms with van der Waals surface area (Å²) >= 11 is 0. The van der Waals surface area contributed by atoms with Crippen molar-refractivity contribution in [3.8, 4) is 11.5 Å². The van der Waals surface area contributed by atoms with Crippen molar-refractivity contribution in [3.63, 3.8) is 0 Å². The second-order valence-electron chi connectivity index (χ2n) is 3.79. The third-order valence-electron chi connectivity index (χ3n) is 2.56. The maximum Gasteiger partial charge on any atom is 0.130 e. The predicted molar refractivity (Wildman–Crippen MR) is 68.0 cm³/mol. The van der Waals surface area contributed by atoms with Gasteiger partial charge in [0.1, 0.15) is 11.5 Å². The molecule has 88 valence electrons. The third kappa shape index (κ3) is 3.04. The summed E-state index contributed by atoms with van der Waals surface area (Å²) in [4.78, 5) is 4.12. The second-order valence-corrected chi connectivity index (χ2v) is 3.79. The van der Waals surface area contributed by atoms with E-state index in [1.54, 1.807) is 6.20 Å². The first-order chi connectivity index (χ1) is 8.31. The molecule has 0 aliphatic heterocycles. The summed E-state index contributed by atoms with van der Waals surface area (Å²) in [5, 5.41) is 0. The fraction of sp³-hybridized carbons (Fsp3) is 0.214. The molecule has 2 rings (SSSR count). The molecule has 3 heteroatoms. The summed E-state index contributed by atoms with van der Waals surface area (Å²) in [7, 11) is 0. The molecular formula is C14H16N2O. The number of hydrogen-bond acceptors (Lipinski definition) is 3. The SMILES string of the molecule is CCc1ccc(Oc2ccnc(CN)c2)cc1. The van der Waals surface area contributed by atoms with E-state index in [2.05, 4.69) is 24.0 Å². The van der Waals surface area contributed by atoms with Crippen molar-refractivity contribution >= 4 is 0 Å². The monoisotopic (exact) mass is 228 g/mol. The largest absolute Gasteiger partial charge is 0.457 e. The maximum atomic E-state index is 5.72. The van der Waals surface area contributed by atoms with Crippen LogP contribution >= 0.6 is 0 Å². The number of benzene rings is 1. The van der Waals surface area contributed by atoms with Crippen LogP contribution in [0.5, 0.6) is 11.5 Å². The zero-order chi connectivity index (χ0) is 12.1. The van der Waals surface area contributed by atoms with Crippen molar-refractivity contribution in [2.75, 3.05) is 0 Å². The lowest BCUT2D eigenvalue weighted by molar-refractivity contribution is 0.480. The summed E-state index contributed by atoms with van der Waals surface area (Å²) < 4.78 is 5.72. The fourth-order valence-electron chi connectivity index (χ4n) is 1.56. The summed E-state index contributed by atoms with van der Waals surface area (Å²) in [6.45, 7) is 2.55. The summed E-state index contributed by atoms with van der Waals surface area (Å²) in [6, 6.07) is 11.8. The third-order valence-corrected chi connectivity index (χ3v) is 2.56. The van der Waals surface area contributed by atoms with Crippen molar-refractivity contribution in [1.82, 2.24) is 4.98 Å². The van der Waals surface area contributed by atoms with E-state index in [1.165, 1.54) is 5.56 Å². The fourth-order valence-corrected chi connectivity index (χ4v) is 1.56. The molecule has 2 aromatic rings. The van der Waals surface area contributed by atoms with Gasteiger partial charge in [0.15, 0.2) is 0 Å². The lowest BCUT2D eigenvalue weighted by atomic mass is 10.2. The van der Waals surface area contributed by atoms with Gasteiger partial charge >= 0.3 is 0 Å². The zero-order valence-electron chi connectivity index (χ0n) is 9.89. The number of nitrogens with two attached hydrogens (primary N) is 1. The van der Waals surface area contributed by atoms with Gasteiger partial charge in [0, 0.05) is 18.8 Å². The highest BCUT2D eigenvalue weighted by Gasteiger charge is 1.99. The van der Waals surface area contributed by atoms with Crippen LogP contribution < -0.4 is 10.5 Å². The molecule has 0 aliphatic carbocycles. The Morgan fingerprint density at radius 1 is 1.12 bits per heavy atom. The first-order valence-electron chi connectivity index (χ1n) is 5.73. The van der Waals surface area contributed by atoms with E-state index in [9.17, 15) is 0 Å². The Bertz CT molecular complexity index is 480. The van der Waals surface area contributed by atoms with Gasteiger partial charge in [-0.2, -0.15) is 0 Å². The lowest BCUT2D eigenvalue weighted by Crippen LogP contribution is -1.99. The highest BCUT2D eigenvalue weighted by atomic mass is 16.5. The van der Waals surface area contributed by atoms with Crippen molar-refractivity contribution in [2.24, 2.45) is 5.73 Å². The van der Waals surface area contributed by atoms with Gasteiger partial charge in [0.05, 0.1) is 5.69 Å². The average molecular weight is 228 g/mol. The summed E-state index contributed by atoms with van der Waals surface area (Å²) in [5.41, 5.74) is 7.66. The highest BCUT2D eigenvalue weighted by molar-refractivity contribution is 5.33. The first kappa shape index (κ1) is 11.6. The molecule has 0 atom stereocenters. The molecule has 1 heterocycles. The van der Waals surface area contributed by atoms with Crippen LogP contribution in [0.15, 0.2) is 42.6 Å². The average Bonchev–Trinajstić information content (AvgIpc) is 2.40. The number of hydrogen-bond donors (Lipinski definition) is 1. The van der Waals surface area contributed by atoms with E-state index in [4.69, 9.17) is 10.5 Å². The molecule has 0 aliphatic rings. The van der Waals surface area contributed by atoms with Crippen LogP contribution in [0.25, 0.3) is 0 Å². The molecule has 0 bridgehead atoms. The molecule has 0 spiro atoms. The van der Waals surface area contributed by atoms with Crippen LogP contribution in [0.2, 0.25) is 0 Å². The number of aryl methyl sites for hydroxylation is 1. The molecule has 3 nitrogen and oxygen atoms in total. The van der Waals surface area contributed by atoms with E-state index in [1.807, 2.05) is 24.3 Å². The van der Waals surface area contributed by atoms with Crippen molar-refractivity contribution in [3.05, 3.63) is 53.9 Å². The number of aromatic nitrogens is 1. The van der Waals surface area contributed by atoms with Gasteiger partial charge < -0.3 is 10.5 Å². The summed E-state index contributed by atoms with van der Waals surface area (Å²) in [5.74, 6) is 1.60. The Morgan fingerprint density at radius 3 is 2.53 bits per heavy atom. The van der Waals surface area contributed by atoms with Gasteiger partial charge in [0.2, 0.25) is 0 Å². The smallest absolute Gasteiger partial charge is 0.130 e. The quantitative estimate of drug-likeness (QED) is 0.875. The normalized spacial score (nSPS) is 10.2. The van der Waals surface area contributed by atoms with E-state index < -0.39 is 0 Å². The van der Waals surface area contributed by atoms with E-state index in [0.29, 0.717) is 6.54 Å². The Balaban J connectivity index is 2.13. The van der Waals surface area contributed by atoms with Crippen molar-refractivity contribution < 1.29 is 4.74 Å².